The zero-order chi connectivity index (χ0) is 12.3. The summed E-state index contributed by atoms with van der Waals surface area (Å²) in [6.07, 6.45) is 1.13. The molecule has 0 aromatic carbocycles. The van der Waals surface area contributed by atoms with Gasteiger partial charge in [-0.15, -0.1) is 0 Å². The summed E-state index contributed by atoms with van der Waals surface area (Å²) in [5.74, 6) is 0.756. The van der Waals surface area contributed by atoms with Gasteiger partial charge in [0, 0.05) is 19.7 Å². The number of nitriles is 1. The van der Waals surface area contributed by atoms with E-state index < -0.39 is 0 Å². The summed E-state index contributed by atoms with van der Waals surface area (Å²) >= 11 is 5.91. The number of halogens is 1. The summed E-state index contributed by atoms with van der Waals surface area (Å²) in [5, 5.41) is 9.27. The highest BCUT2D eigenvalue weighted by atomic mass is 35.5. The predicted molar refractivity (Wildman–Crippen MR) is 66.2 cm³/mol. The second kappa shape index (κ2) is 5.35. The molecule has 5 heteroatoms. The number of ether oxygens (including phenoxy) is 1. The van der Waals surface area contributed by atoms with Gasteiger partial charge >= 0.3 is 0 Å². The molecule has 17 heavy (non-hydrogen) atoms. The number of pyridine rings is 1. The number of aromatic nitrogens is 1. The summed E-state index contributed by atoms with van der Waals surface area (Å²) in [4.78, 5) is 6.38. The van der Waals surface area contributed by atoms with Gasteiger partial charge in [0.2, 0.25) is 0 Å². The first-order valence-corrected chi connectivity index (χ1v) is 6.01. The first-order chi connectivity index (χ1) is 8.19. The van der Waals surface area contributed by atoms with Gasteiger partial charge < -0.3 is 9.64 Å². The molecule has 0 bridgehead atoms. The van der Waals surface area contributed by atoms with E-state index in [1.165, 1.54) is 0 Å². The van der Waals surface area contributed by atoms with Crippen molar-refractivity contribution < 1.29 is 4.74 Å². The van der Waals surface area contributed by atoms with Gasteiger partial charge in [-0.2, -0.15) is 5.26 Å². The molecule has 2 rings (SSSR count). The highest BCUT2D eigenvalue weighted by Gasteiger charge is 2.17. The topological polar surface area (TPSA) is 49.2 Å². The van der Waals surface area contributed by atoms with E-state index in [2.05, 4.69) is 16.0 Å². The van der Waals surface area contributed by atoms with Crippen molar-refractivity contribution in [3.63, 3.8) is 0 Å². The maximum atomic E-state index is 8.91. The van der Waals surface area contributed by atoms with Crippen LogP contribution in [0.3, 0.4) is 0 Å². The lowest BCUT2D eigenvalue weighted by atomic mass is 10.2. The Hall–Kier alpha value is -1.31. The second-order valence-corrected chi connectivity index (χ2v) is 4.52. The Morgan fingerprint density at radius 3 is 3.18 bits per heavy atom. The van der Waals surface area contributed by atoms with Crippen LogP contribution in [0, 0.1) is 11.3 Å². The molecule has 1 saturated heterocycles. The second-order valence-electron chi connectivity index (χ2n) is 4.13. The van der Waals surface area contributed by atoms with Crippen molar-refractivity contribution in [2.45, 2.75) is 19.4 Å². The Morgan fingerprint density at radius 1 is 1.59 bits per heavy atom. The van der Waals surface area contributed by atoms with Crippen molar-refractivity contribution in [3.05, 3.63) is 22.8 Å². The minimum atomic E-state index is 0.170. The number of nitrogens with zero attached hydrogens (tertiary/aromatic N) is 3. The predicted octanol–water partition coefficient (Wildman–Crippen LogP) is 2.22. The van der Waals surface area contributed by atoms with Crippen LogP contribution in [0.4, 0.5) is 5.82 Å². The molecule has 90 valence electrons. The van der Waals surface area contributed by atoms with E-state index in [1.54, 1.807) is 12.1 Å². The molecule has 1 atom stereocenters. The molecule has 1 aliphatic heterocycles. The lowest BCUT2D eigenvalue weighted by Crippen LogP contribution is -2.30. The molecule has 0 aliphatic carbocycles. The SMILES string of the molecule is CC1CN(c2cc(C#N)cc(Cl)n2)CCCO1. The van der Waals surface area contributed by atoms with Gasteiger partial charge in [0.15, 0.2) is 0 Å². The highest BCUT2D eigenvalue weighted by Crippen LogP contribution is 2.20. The minimum absolute atomic E-state index is 0.170. The molecular weight excluding hydrogens is 238 g/mol. The lowest BCUT2D eigenvalue weighted by molar-refractivity contribution is 0.0820. The summed E-state index contributed by atoms with van der Waals surface area (Å²) in [5.41, 5.74) is 0.540. The van der Waals surface area contributed by atoms with E-state index in [1.807, 2.05) is 6.92 Å². The zero-order valence-electron chi connectivity index (χ0n) is 9.69. The van der Waals surface area contributed by atoms with E-state index in [0.29, 0.717) is 10.7 Å². The van der Waals surface area contributed by atoms with Crippen molar-refractivity contribution in [1.29, 1.82) is 5.26 Å². The van der Waals surface area contributed by atoms with E-state index in [-0.39, 0.29) is 6.10 Å². The molecule has 0 radical (unpaired) electrons. The third-order valence-corrected chi connectivity index (χ3v) is 2.88. The van der Waals surface area contributed by atoms with Gasteiger partial charge in [0.25, 0.3) is 0 Å². The van der Waals surface area contributed by atoms with Crippen LogP contribution < -0.4 is 4.90 Å². The minimum Gasteiger partial charge on any atom is -0.377 e. The average Bonchev–Trinajstić information content (AvgIpc) is 2.53. The van der Waals surface area contributed by atoms with Crippen LogP contribution in [0.25, 0.3) is 0 Å². The van der Waals surface area contributed by atoms with Crippen LogP contribution in [0.15, 0.2) is 12.1 Å². The number of hydrogen-bond donors (Lipinski definition) is 0. The molecule has 1 fully saturated rings. The lowest BCUT2D eigenvalue weighted by Gasteiger charge is -2.23. The maximum absolute atomic E-state index is 8.91. The largest absolute Gasteiger partial charge is 0.377 e. The molecule has 0 spiro atoms. The number of rotatable bonds is 1. The van der Waals surface area contributed by atoms with Crippen LogP contribution in [-0.2, 0) is 4.74 Å². The maximum Gasteiger partial charge on any atom is 0.132 e. The van der Waals surface area contributed by atoms with Crippen LogP contribution >= 0.6 is 11.6 Å². The summed E-state index contributed by atoms with van der Waals surface area (Å²) < 4.78 is 5.57. The first kappa shape index (κ1) is 12.2. The van der Waals surface area contributed by atoms with Crippen LogP contribution in [0.2, 0.25) is 5.15 Å². The zero-order valence-corrected chi connectivity index (χ0v) is 10.4. The van der Waals surface area contributed by atoms with Gasteiger partial charge in [0.1, 0.15) is 11.0 Å². The Kier molecular flexibility index (Phi) is 3.82. The van der Waals surface area contributed by atoms with Gasteiger partial charge in [-0.1, -0.05) is 11.6 Å². The molecule has 2 heterocycles. The number of anilines is 1. The van der Waals surface area contributed by atoms with E-state index in [4.69, 9.17) is 21.6 Å². The van der Waals surface area contributed by atoms with E-state index >= 15 is 0 Å². The van der Waals surface area contributed by atoms with Crippen molar-refractivity contribution in [2.24, 2.45) is 0 Å². The normalized spacial score (nSPS) is 20.8. The number of hydrogen-bond acceptors (Lipinski definition) is 4. The van der Waals surface area contributed by atoms with Gasteiger partial charge in [-0.05, 0) is 25.5 Å². The molecule has 4 nitrogen and oxygen atoms in total. The average molecular weight is 252 g/mol. The van der Waals surface area contributed by atoms with Crippen molar-refractivity contribution in [2.75, 3.05) is 24.6 Å². The Labute approximate surface area is 106 Å². The summed E-state index contributed by atoms with van der Waals surface area (Å²) in [7, 11) is 0. The monoisotopic (exact) mass is 251 g/mol. The van der Waals surface area contributed by atoms with Crippen molar-refractivity contribution >= 4 is 17.4 Å². The molecule has 1 aliphatic rings. The van der Waals surface area contributed by atoms with Gasteiger partial charge in [-0.25, -0.2) is 4.98 Å². The third-order valence-electron chi connectivity index (χ3n) is 2.69. The van der Waals surface area contributed by atoms with Crippen molar-refractivity contribution in [1.82, 2.24) is 4.98 Å². The van der Waals surface area contributed by atoms with Gasteiger partial charge in [-0.3, -0.25) is 0 Å². The molecular formula is C12H14ClN3O. The fourth-order valence-corrected chi connectivity index (χ4v) is 2.12. The molecule has 1 aromatic heterocycles. The van der Waals surface area contributed by atoms with E-state index in [9.17, 15) is 0 Å². The molecule has 0 N–H and O–H groups in total. The summed E-state index contributed by atoms with van der Waals surface area (Å²) in [6, 6.07) is 5.43. The van der Waals surface area contributed by atoms with E-state index in [0.717, 1.165) is 31.9 Å². The molecule has 1 aromatic rings. The van der Waals surface area contributed by atoms with Gasteiger partial charge in [0.05, 0.1) is 17.7 Å². The van der Waals surface area contributed by atoms with Crippen LogP contribution in [0.1, 0.15) is 18.9 Å². The third kappa shape index (κ3) is 3.09. The molecule has 0 amide bonds. The highest BCUT2D eigenvalue weighted by molar-refractivity contribution is 6.29. The smallest absolute Gasteiger partial charge is 0.132 e. The Balaban J connectivity index is 2.26. The standard InChI is InChI=1S/C12H14ClN3O/c1-9-8-16(3-2-4-17-9)12-6-10(7-14)5-11(13)15-12/h5-6,9H,2-4,8H2,1H3. The fraction of sp³-hybridized carbons (Fsp3) is 0.500. The summed E-state index contributed by atoms with van der Waals surface area (Å²) in [6.45, 7) is 4.46. The Morgan fingerprint density at radius 2 is 2.41 bits per heavy atom. The van der Waals surface area contributed by atoms with Crippen molar-refractivity contribution in [3.8, 4) is 6.07 Å². The fourth-order valence-electron chi connectivity index (χ4n) is 1.91. The molecule has 0 saturated carbocycles. The Bertz CT molecular complexity index is 444. The quantitative estimate of drug-likeness (QED) is 0.718. The molecule has 1 unspecified atom stereocenters. The van der Waals surface area contributed by atoms with Crippen LogP contribution in [-0.4, -0.2) is 30.8 Å². The van der Waals surface area contributed by atoms with Crippen LogP contribution in [0.5, 0.6) is 0 Å². The first-order valence-electron chi connectivity index (χ1n) is 5.63.